The molecule has 0 spiro atoms. The van der Waals surface area contributed by atoms with Gasteiger partial charge in [0, 0.05) is 22.5 Å². The number of fused-ring (bicyclic) bond motifs is 2. The number of allylic oxidation sites excluding steroid dienone is 7. The van der Waals surface area contributed by atoms with Crippen molar-refractivity contribution in [3.63, 3.8) is 0 Å². The summed E-state index contributed by atoms with van der Waals surface area (Å²) in [6.07, 6.45) is 12.4. The van der Waals surface area contributed by atoms with Gasteiger partial charge in [-0.2, -0.15) is 12.6 Å². The maximum Gasteiger partial charge on any atom is 0.221 e. The zero-order valence-corrected chi connectivity index (χ0v) is 19.7. The van der Waals surface area contributed by atoms with E-state index in [4.69, 9.17) is 12.6 Å². The van der Waals surface area contributed by atoms with Crippen LogP contribution in [-0.2, 0) is 4.79 Å². The average Bonchev–Trinajstić information content (AvgIpc) is 3.15. The van der Waals surface area contributed by atoms with Crippen molar-refractivity contribution in [2.75, 3.05) is 0 Å². The topological polar surface area (TPSA) is 62.2 Å². The zero-order valence-electron chi connectivity index (χ0n) is 18.0. The first-order valence-electron chi connectivity index (χ1n) is 10.1. The molecule has 4 nitrogen and oxygen atoms in total. The van der Waals surface area contributed by atoms with Crippen molar-refractivity contribution in [2.45, 2.75) is 57.2 Å². The number of carbonyl (C=O) groups is 1. The second-order valence-corrected chi connectivity index (χ2v) is 9.80. The van der Waals surface area contributed by atoms with Gasteiger partial charge in [0.05, 0.1) is 17.5 Å². The lowest BCUT2D eigenvalue weighted by atomic mass is 9.83. The van der Waals surface area contributed by atoms with Gasteiger partial charge in [0.2, 0.25) is 5.91 Å². The minimum atomic E-state index is -0.705. The summed E-state index contributed by atoms with van der Waals surface area (Å²) >= 11 is 6.39. The van der Waals surface area contributed by atoms with Crippen molar-refractivity contribution >= 4 is 35.9 Å². The summed E-state index contributed by atoms with van der Waals surface area (Å²) in [7, 11) is 0. The normalized spacial score (nSPS) is 28.9. The third-order valence-corrected chi connectivity index (χ3v) is 7.25. The number of aliphatic hydroxyl groups excluding tert-OH is 1. The van der Waals surface area contributed by atoms with Gasteiger partial charge < -0.3 is 10.4 Å². The van der Waals surface area contributed by atoms with Crippen LogP contribution < -0.4 is 5.32 Å². The molecule has 0 aliphatic carbocycles. The van der Waals surface area contributed by atoms with Crippen LogP contribution in [-0.4, -0.2) is 20.7 Å². The van der Waals surface area contributed by atoms with Gasteiger partial charge >= 0.3 is 0 Å². The van der Waals surface area contributed by atoms with Crippen molar-refractivity contribution in [1.29, 1.82) is 0 Å². The molecule has 1 aromatic heterocycles. The molecule has 0 aromatic carbocycles. The highest BCUT2D eigenvalue weighted by Gasteiger charge is 2.36. The molecular weight excluding hydrogens is 412 g/mol. The maximum atomic E-state index is 12.8. The number of amides is 1. The Hall–Kier alpha value is -2.05. The molecule has 3 atom stereocenters. The van der Waals surface area contributed by atoms with E-state index in [9.17, 15) is 9.90 Å². The first-order chi connectivity index (χ1) is 14.1. The highest BCUT2D eigenvalue weighted by molar-refractivity contribution is 7.81. The summed E-state index contributed by atoms with van der Waals surface area (Å²) in [6, 6.07) is -0.203. The number of aliphatic hydroxyl groups is 1. The number of rotatable bonds is 2. The fraction of sp³-hybridized carbons (Fsp3) is 0.417. The molecular formula is C24H32N2O2S2. The summed E-state index contributed by atoms with van der Waals surface area (Å²) in [4.78, 5) is 17.4. The number of hydrogen-bond donors (Lipinski definition) is 3. The van der Waals surface area contributed by atoms with Crippen molar-refractivity contribution in [3.8, 4) is 0 Å². The Morgan fingerprint density at radius 2 is 2.13 bits per heavy atom. The highest BCUT2D eigenvalue weighted by atomic mass is 32.1. The molecule has 1 aliphatic heterocycles. The molecule has 6 heteroatoms. The van der Waals surface area contributed by atoms with E-state index >= 15 is 0 Å². The smallest absolute Gasteiger partial charge is 0.221 e. The van der Waals surface area contributed by atoms with Crippen LogP contribution in [0, 0.1) is 5.92 Å². The molecule has 0 saturated carbocycles. The van der Waals surface area contributed by atoms with E-state index < -0.39 is 4.75 Å². The minimum absolute atomic E-state index is 0.0458. The van der Waals surface area contributed by atoms with Crippen LogP contribution in [0.15, 0.2) is 59.7 Å². The number of hydrogen-bond acceptors (Lipinski definition) is 5. The molecule has 2 bridgehead atoms. The van der Waals surface area contributed by atoms with Crippen LogP contribution >= 0.6 is 24.0 Å². The summed E-state index contributed by atoms with van der Waals surface area (Å²) in [6.45, 7) is 13.6. The Bertz CT molecular complexity index is 882. The Kier molecular flexibility index (Phi) is 8.74. The van der Waals surface area contributed by atoms with E-state index in [1.54, 1.807) is 0 Å². The summed E-state index contributed by atoms with van der Waals surface area (Å²) < 4.78 is -0.705. The molecule has 30 heavy (non-hydrogen) atoms. The van der Waals surface area contributed by atoms with Gasteiger partial charge in [-0.3, -0.25) is 4.79 Å². The van der Waals surface area contributed by atoms with Crippen LogP contribution in [0.25, 0.3) is 6.08 Å². The van der Waals surface area contributed by atoms with Gasteiger partial charge in [0.1, 0.15) is 5.01 Å². The quantitative estimate of drug-likeness (QED) is 0.283. The summed E-state index contributed by atoms with van der Waals surface area (Å²) in [5.41, 5.74) is 3.08. The summed E-state index contributed by atoms with van der Waals surface area (Å²) in [5, 5.41) is 15.9. The standard InChI is InChI=1S/C24H32N2O2S2/c1-16-8-6-7-9-21-15-30-23(26-21)19(4)25-22(28)14-24(29,18(3)20(5)27)13-12-17(2)11-10-16/h6-9,11,15,18-19,27,29H,1,5,10,12-14H2,2-4H3,(H,25,28)/b8-6+,9-7-,17-11+/t18?,19?,24-/m1/s1. The van der Waals surface area contributed by atoms with Crippen molar-refractivity contribution in [3.05, 3.63) is 70.4 Å². The Balaban J connectivity index is 2.32. The van der Waals surface area contributed by atoms with Crippen molar-refractivity contribution < 1.29 is 9.90 Å². The highest BCUT2D eigenvalue weighted by Crippen LogP contribution is 2.38. The van der Waals surface area contributed by atoms with Crippen LogP contribution in [0.1, 0.15) is 63.2 Å². The third-order valence-electron chi connectivity index (χ3n) is 5.44. The Morgan fingerprint density at radius 1 is 1.43 bits per heavy atom. The lowest BCUT2D eigenvalue weighted by molar-refractivity contribution is -0.122. The first-order valence-corrected chi connectivity index (χ1v) is 11.5. The lowest BCUT2D eigenvalue weighted by Gasteiger charge is -2.34. The van der Waals surface area contributed by atoms with E-state index in [0.717, 1.165) is 29.1 Å². The first kappa shape index (κ1) is 24.2. The van der Waals surface area contributed by atoms with Gasteiger partial charge in [-0.25, -0.2) is 4.98 Å². The molecule has 2 rings (SSSR count). The van der Waals surface area contributed by atoms with Gasteiger partial charge in [-0.1, -0.05) is 55.5 Å². The predicted molar refractivity (Wildman–Crippen MR) is 131 cm³/mol. The molecule has 1 amide bonds. The van der Waals surface area contributed by atoms with Gasteiger partial charge in [0.15, 0.2) is 0 Å². The molecule has 1 aliphatic rings. The van der Waals surface area contributed by atoms with Gasteiger partial charge in [0.25, 0.3) is 0 Å². The number of nitrogens with zero attached hydrogens (tertiary/aromatic N) is 1. The molecule has 2 heterocycles. The molecule has 0 fully saturated rings. The monoisotopic (exact) mass is 444 g/mol. The SMILES string of the molecule is C=C1/C=C/C=C\c2csc(n2)C(C)NC(=O)C[C@@](S)(C(C)C(=C)O)CC/C(C)=C/C1. The third kappa shape index (κ3) is 7.03. The molecule has 162 valence electrons. The van der Waals surface area contributed by atoms with Crippen LogP contribution in [0.3, 0.4) is 0 Å². The van der Waals surface area contributed by atoms with E-state index in [-0.39, 0.29) is 30.0 Å². The van der Waals surface area contributed by atoms with Crippen LogP contribution in [0.4, 0.5) is 0 Å². The number of thiol groups is 1. The molecule has 2 N–H and O–H groups in total. The van der Waals surface area contributed by atoms with E-state index in [0.29, 0.717) is 6.42 Å². The van der Waals surface area contributed by atoms with Crippen LogP contribution in [0.5, 0.6) is 0 Å². The maximum absolute atomic E-state index is 12.8. The van der Waals surface area contributed by atoms with E-state index in [1.807, 2.05) is 43.5 Å². The van der Waals surface area contributed by atoms with Crippen molar-refractivity contribution in [2.24, 2.45) is 5.92 Å². The number of aromatic nitrogens is 1. The van der Waals surface area contributed by atoms with Gasteiger partial charge in [-0.15, -0.1) is 11.3 Å². The average molecular weight is 445 g/mol. The number of thiazole rings is 1. The molecule has 1 aromatic rings. The second kappa shape index (κ2) is 10.8. The fourth-order valence-electron chi connectivity index (χ4n) is 3.21. The van der Waals surface area contributed by atoms with Crippen molar-refractivity contribution in [1.82, 2.24) is 10.3 Å². The molecule has 0 saturated heterocycles. The number of carbonyl (C=O) groups excluding carboxylic acids is 1. The molecule has 2 unspecified atom stereocenters. The Labute approximate surface area is 189 Å². The lowest BCUT2D eigenvalue weighted by Crippen LogP contribution is -2.39. The Morgan fingerprint density at radius 3 is 2.83 bits per heavy atom. The van der Waals surface area contributed by atoms with E-state index in [1.165, 1.54) is 16.9 Å². The van der Waals surface area contributed by atoms with Gasteiger partial charge in [-0.05, 0) is 39.2 Å². The second-order valence-electron chi connectivity index (χ2n) is 8.02. The predicted octanol–water partition coefficient (Wildman–Crippen LogP) is 6.34. The fourth-order valence-corrected chi connectivity index (χ4v) is 4.41. The van der Waals surface area contributed by atoms with Crippen LogP contribution in [0.2, 0.25) is 0 Å². The largest absolute Gasteiger partial charge is 0.513 e. The number of nitrogens with one attached hydrogen (secondary N) is 1. The summed E-state index contributed by atoms with van der Waals surface area (Å²) in [5.74, 6) is -0.392. The zero-order chi connectivity index (χ0) is 22.3. The molecule has 0 radical (unpaired) electrons. The minimum Gasteiger partial charge on any atom is -0.513 e. The van der Waals surface area contributed by atoms with E-state index in [2.05, 4.69) is 36.5 Å².